The fraction of sp³-hybridized carbons (Fsp3) is 0.900. The summed E-state index contributed by atoms with van der Waals surface area (Å²) in [6.45, 7) is 2.98. The number of nitrogens with one attached hydrogen (secondary N) is 1. The van der Waals surface area contributed by atoms with Crippen molar-refractivity contribution in [1.29, 1.82) is 0 Å². The van der Waals surface area contributed by atoms with Gasteiger partial charge >= 0.3 is 13.6 Å². The Morgan fingerprint density at radius 3 is 2.63 bits per heavy atom. The number of carbonyl (C=O) groups is 1. The first-order valence-corrected chi connectivity index (χ1v) is 8.78. The first-order valence-electron chi connectivity index (χ1n) is 6.13. The van der Waals surface area contributed by atoms with Gasteiger partial charge in [0.25, 0.3) is 0 Å². The summed E-state index contributed by atoms with van der Waals surface area (Å²) >= 11 is 11.4. The van der Waals surface area contributed by atoms with Crippen molar-refractivity contribution in [3.8, 4) is 0 Å². The smallest absolute Gasteiger partial charge is 0.344 e. The zero-order chi connectivity index (χ0) is 14.3. The van der Waals surface area contributed by atoms with E-state index in [0.717, 1.165) is 0 Å². The van der Waals surface area contributed by atoms with E-state index in [4.69, 9.17) is 32.5 Å². The molecule has 2 atom stereocenters. The van der Waals surface area contributed by atoms with E-state index in [1.165, 1.54) is 0 Å². The van der Waals surface area contributed by atoms with Crippen LogP contribution in [0.1, 0.15) is 13.3 Å². The molecule has 0 aromatic rings. The molecule has 6 nitrogen and oxygen atoms in total. The van der Waals surface area contributed by atoms with Gasteiger partial charge in [0.1, 0.15) is 6.04 Å². The Balaban J connectivity index is 2.73. The molecule has 1 fully saturated rings. The molecular weight excluding hydrogens is 314 g/mol. The molecule has 19 heavy (non-hydrogen) atoms. The topological polar surface area (TPSA) is 67.9 Å². The minimum absolute atomic E-state index is 0.231. The average molecular weight is 333 g/mol. The van der Waals surface area contributed by atoms with Crippen molar-refractivity contribution in [2.45, 2.75) is 19.4 Å². The number of hydrogen-bond acceptors (Lipinski definition) is 4. The predicted molar refractivity (Wildman–Crippen MR) is 74.7 cm³/mol. The number of ether oxygens (including phenoxy) is 1. The van der Waals surface area contributed by atoms with Gasteiger partial charge in [-0.05, 0) is 13.3 Å². The zero-order valence-electron chi connectivity index (χ0n) is 10.8. The molecule has 2 unspecified atom stereocenters. The highest BCUT2D eigenvalue weighted by molar-refractivity contribution is 7.54. The summed E-state index contributed by atoms with van der Waals surface area (Å²) in [4.78, 5) is 11.7. The van der Waals surface area contributed by atoms with Gasteiger partial charge < -0.3 is 9.26 Å². The molecule has 1 rings (SSSR count). The Bertz CT molecular complexity index is 339. The number of nitrogens with zero attached hydrogens (tertiary/aromatic N) is 1. The standard InChI is InChI=1S/C10H19Cl2N2O4P/c1-2-17-10(15)9-3-8-18-19(16,13-9)14(6-4-11)7-5-12/h9H,2-8H2,1H3,(H,13,16). The van der Waals surface area contributed by atoms with E-state index < -0.39 is 19.7 Å². The number of rotatable bonds is 7. The molecule has 1 N–H and O–H groups in total. The molecule has 0 bridgehead atoms. The number of hydrogen-bond donors (Lipinski definition) is 1. The summed E-state index contributed by atoms with van der Waals surface area (Å²) in [6, 6.07) is -0.618. The van der Waals surface area contributed by atoms with Gasteiger partial charge in [-0.15, -0.1) is 23.2 Å². The van der Waals surface area contributed by atoms with Crippen LogP contribution < -0.4 is 5.09 Å². The lowest BCUT2D eigenvalue weighted by molar-refractivity contribution is -0.146. The Morgan fingerprint density at radius 1 is 1.47 bits per heavy atom. The third kappa shape index (κ3) is 4.88. The number of esters is 1. The van der Waals surface area contributed by atoms with Crippen molar-refractivity contribution in [2.24, 2.45) is 0 Å². The molecule has 0 radical (unpaired) electrons. The summed E-state index contributed by atoms with van der Waals surface area (Å²) in [5.41, 5.74) is 0. The van der Waals surface area contributed by atoms with E-state index in [9.17, 15) is 9.36 Å². The van der Waals surface area contributed by atoms with Crippen LogP contribution in [0.15, 0.2) is 0 Å². The SMILES string of the molecule is CCOC(=O)C1CCOP(=O)(N(CCCl)CCCl)N1. The van der Waals surface area contributed by atoms with E-state index in [1.807, 2.05) is 0 Å². The lowest BCUT2D eigenvalue weighted by atomic mass is 10.2. The number of alkyl halides is 2. The monoisotopic (exact) mass is 332 g/mol. The van der Waals surface area contributed by atoms with Crippen LogP contribution in [0.3, 0.4) is 0 Å². The maximum absolute atomic E-state index is 12.7. The van der Waals surface area contributed by atoms with Crippen molar-refractivity contribution in [3.05, 3.63) is 0 Å². The van der Waals surface area contributed by atoms with Gasteiger partial charge in [0.2, 0.25) is 0 Å². The van der Waals surface area contributed by atoms with Crippen LogP contribution in [0.5, 0.6) is 0 Å². The van der Waals surface area contributed by atoms with E-state index in [2.05, 4.69) is 5.09 Å². The molecule has 1 heterocycles. The largest absolute Gasteiger partial charge is 0.465 e. The van der Waals surface area contributed by atoms with E-state index in [1.54, 1.807) is 11.6 Å². The van der Waals surface area contributed by atoms with Crippen molar-refractivity contribution < 1.29 is 18.6 Å². The molecule has 0 spiro atoms. The van der Waals surface area contributed by atoms with Crippen molar-refractivity contribution in [2.75, 3.05) is 38.1 Å². The minimum Gasteiger partial charge on any atom is -0.465 e. The Morgan fingerprint density at radius 2 is 2.11 bits per heavy atom. The molecule has 0 aromatic carbocycles. The van der Waals surface area contributed by atoms with Gasteiger partial charge in [0.15, 0.2) is 0 Å². The highest BCUT2D eigenvalue weighted by atomic mass is 35.5. The summed E-state index contributed by atoms with van der Waals surface area (Å²) in [5, 5.41) is 2.75. The average Bonchev–Trinajstić information content (AvgIpc) is 2.39. The second kappa shape index (κ2) is 8.45. The fourth-order valence-corrected chi connectivity index (χ4v) is 4.49. The molecule has 0 amide bonds. The minimum atomic E-state index is -3.28. The van der Waals surface area contributed by atoms with Crippen molar-refractivity contribution in [3.63, 3.8) is 0 Å². The maximum atomic E-state index is 12.7. The first kappa shape index (κ1) is 17.2. The Labute approximate surface area is 123 Å². The Hall–Kier alpha value is 0.160. The summed E-state index contributed by atoms with van der Waals surface area (Å²) in [7, 11) is -3.28. The number of carbonyl (C=O) groups excluding carboxylic acids is 1. The summed E-state index contributed by atoms with van der Waals surface area (Å²) in [5.74, 6) is 0.189. The van der Waals surface area contributed by atoms with Crippen LogP contribution in [-0.4, -0.2) is 54.7 Å². The quantitative estimate of drug-likeness (QED) is 0.435. The normalized spacial score (nSPS) is 27.5. The first-order chi connectivity index (χ1) is 9.07. The van der Waals surface area contributed by atoms with E-state index in [0.29, 0.717) is 31.3 Å². The lowest BCUT2D eigenvalue weighted by Gasteiger charge is -2.36. The molecule has 1 saturated heterocycles. The molecule has 1 aliphatic heterocycles. The Kier molecular flexibility index (Phi) is 7.65. The van der Waals surface area contributed by atoms with Crippen LogP contribution in [0.4, 0.5) is 0 Å². The maximum Gasteiger partial charge on any atom is 0.344 e. The predicted octanol–water partition coefficient (Wildman–Crippen LogP) is 1.82. The summed E-state index contributed by atoms with van der Waals surface area (Å²) < 4.78 is 24.5. The van der Waals surface area contributed by atoms with Crippen LogP contribution in [-0.2, 0) is 18.6 Å². The molecule has 112 valence electrons. The molecule has 0 aromatic heterocycles. The molecule has 1 aliphatic rings. The van der Waals surface area contributed by atoms with Gasteiger partial charge in [-0.1, -0.05) is 0 Å². The molecule has 0 aliphatic carbocycles. The van der Waals surface area contributed by atoms with Crippen molar-refractivity contribution >= 4 is 36.8 Å². The highest BCUT2D eigenvalue weighted by Crippen LogP contribution is 2.49. The van der Waals surface area contributed by atoms with Gasteiger partial charge in [0.05, 0.1) is 13.2 Å². The van der Waals surface area contributed by atoms with Gasteiger partial charge in [0, 0.05) is 24.8 Å². The summed E-state index contributed by atoms with van der Waals surface area (Å²) in [6.07, 6.45) is 0.429. The third-order valence-corrected chi connectivity index (χ3v) is 5.27. The molecular formula is C10H19Cl2N2O4P. The van der Waals surface area contributed by atoms with Crippen LogP contribution in [0.25, 0.3) is 0 Å². The molecule has 0 saturated carbocycles. The lowest BCUT2D eigenvalue weighted by Crippen LogP contribution is -2.45. The van der Waals surface area contributed by atoms with E-state index >= 15 is 0 Å². The van der Waals surface area contributed by atoms with Crippen LogP contribution >= 0.6 is 30.9 Å². The second-order valence-electron chi connectivity index (χ2n) is 3.91. The number of halogens is 2. The van der Waals surface area contributed by atoms with Crippen molar-refractivity contribution in [1.82, 2.24) is 9.76 Å². The van der Waals surface area contributed by atoms with Gasteiger partial charge in [-0.3, -0.25) is 9.36 Å². The van der Waals surface area contributed by atoms with Gasteiger partial charge in [-0.25, -0.2) is 9.76 Å². The van der Waals surface area contributed by atoms with Crippen LogP contribution in [0.2, 0.25) is 0 Å². The third-order valence-electron chi connectivity index (χ3n) is 2.62. The fourth-order valence-electron chi connectivity index (χ4n) is 1.74. The highest BCUT2D eigenvalue weighted by Gasteiger charge is 2.40. The molecule has 9 heteroatoms. The second-order valence-corrected chi connectivity index (χ2v) is 6.79. The van der Waals surface area contributed by atoms with E-state index in [-0.39, 0.29) is 13.2 Å². The van der Waals surface area contributed by atoms with Gasteiger partial charge in [-0.2, -0.15) is 0 Å². The van der Waals surface area contributed by atoms with Crippen LogP contribution in [0, 0.1) is 0 Å². The zero-order valence-corrected chi connectivity index (χ0v) is 13.2.